The van der Waals surface area contributed by atoms with Crippen LogP contribution in [0.3, 0.4) is 0 Å². The van der Waals surface area contributed by atoms with Crippen LogP contribution in [-0.2, 0) is 4.74 Å². The highest BCUT2D eigenvalue weighted by Crippen LogP contribution is 2.16. The van der Waals surface area contributed by atoms with Crippen LogP contribution in [0.15, 0.2) is 18.3 Å². The number of amides is 1. The minimum atomic E-state index is -0.924. The summed E-state index contributed by atoms with van der Waals surface area (Å²) < 4.78 is 5.23. The summed E-state index contributed by atoms with van der Waals surface area (Å²) in [4.78, 5) is 16.3. The van der Waals surface area contributed by atoms with E-state index in [2.05, 4.69) is 15.6 Å². The molecule has 1 aromatic rings. The number of anilines is 1. The predicted octanol–water partition coefficient (Wildman–Crippen LogP) is -0.636. The maximum absolute atomic E-state index is 12.2. The van der Waals surface area contributed by atoms with E-state index in [1.807, 2.05) is 0 Å². The molecule has 0 aliphatic carbocycles. The Hall–Kier alpha value is -1.70. The predicted molar refractivity (Wildman–Crippen MR) is 72.5 cm³/mol. The van der Waals surface area contributed by atoms with Crippen molar-refractivity contribution in [3.63, 3.8) is 0 Å². The number of rotatable bonds is 4. The average Bonchev–Trinajstić information content (AvgIpc) is 2.49. The molecule has 1 fully saturated rings. The molecule has 3 atom stereocenters. The number of ether oxygens (including phenoxy) is 1. The molecule has 1 aliphatic rings. The van der Waals surface area contributed by atoms with Gasteiger partial charge in [0.05, 0.1) is 18.2 Å². The molecule has 1 aromatic heterocycles. The van der Waals surface area contributed by atoms with E-state index in [1.54, 1.807) is 25.4 Å². The Kier molecular flexibility index (Phi) is 4.89. The number of pyridine rings is 1. The van der Waals surface area contributed by atoms with Gasteiger partial charge in [0.15, 0.2) is 0 Å². The van der Waals surface area contributed by atoms with Crippen molar-refractivity contribution in [3.05, 3.63) is 23.9 Å². The molecular formula is C13H19N3O4. The van der Waals surface area contributed by atoms with Crippen LogP contribution in [-0.4, -0.2) is 59.6 Å². The smallest absolute Gasteiger partial charge is 0.255 e. The summed E-state index contributed by atoms with van der Waals surface area (Å²) in [6.07, 6.45) is 0.505. The normalized spacial score (nSPS) is 26.1. The van der Waals surface area contributed by atoms with Gasteiger partial charge >= 0.3 is 0 Å². The van der Waals surface area contributed by atoms with Gasteiger partial charge in [0, 0.05) is 19.9 Å². The fourth-order valence-corrected chi connectivity index (χ4v) is 2.23. The fourth-order valence-electron chi connectivity index (χ4n) is 2.23. The second-order valence-electron chi connectivity index (χ2n) is 4.60. The molecule has 20 heavy (non-hydrogen) atoms. The monoisotopic (exact) mass is 281 g/mol. The lowest BCUT2D eigenvalue weighted by molar-refractivity contribution is -0.107. The molecule has 110 valence electrons. The molecule has 1 amide bonds. The van der Waals surface area contributed by atoms with E-state index in [0.29, 0.717) is 24.4 Å². The van der Waals surface area contributed by atoms with Crippen LogP contribution < -0.4 is 10.6 Å². The van der Waals surface area contributed by atoms with Crippen molar-refractivity contribution in [1.29, 1.82) is 0 Å². The van der Waals surface area contributed by atoms with Crippen LogP contribution in [0.5, 0.6) is 0 Å². The first-order valence-corrected chi connectivity index (χ1v) is 6.51. The van der Waals surface area contributed by atoms with Crippen LogP contribution in [0.2, 0.25) is 0 Å². The highest BCUT2D eigenvalue weighted by molar-refractivity contribution is 5.98. The van der Waals surface area contributed by atoms with Crippen molar-refractivity contribution < 1.29 is 19.7 Å². The zero-order valence-corrected chi connectivity index (χ0v) is 11.2. The number of aliphatic hydroxyl groups is 2. The maximum Gasteiger partial charge on any atom is 0.255 e. The van der Waals surface area contributed by atoms with Crippen molar-refractivity contribution in [3.8, 4) is 0 Å². The number of nitrogens with zero attached hydrogens (tertiary/aromatic N) is 1. The second kappa shape index (κ2) is 6.65. The third-order valence-corrected chi connectivity index (χ3v) is 3.34. The minimum Gasteiger partial charge on any atom is -0.394 e. The molecule has 0 bridgehead atoms. The number of nitrogens with one attached hydrogen (secondary N) is 2. The topological polar surface area (TPSA) is 104 Å². The van der Waals surface area contributed by atoms with Crippen LogP contribution in [0.1, 0.15) is 16.8 Å². The highest BCUT2D eigenvalue weighted by atomic mass is 16.5. The molecule has 1 aliphatic heterocycles. The van der Waals surface area contributed by atoms with Crippen LogP contribution >= 0.6 is 0 Å². The van der Waals surface area contributed by atoms with Gasteiger partial charge in [-0.25, -0.2) is 4.98 Å². The number of carbonyl (C=O) groups excluding carboxylic acids is 1. The third-order valence-electron chi connectivity index (χ3n) is 3.34. The molecule has 1 saturated heterocycles. The van der Waals surface area contributed by atoms with Gasteiger partial charge in [0.2, 0.25) is 0 Å². The SMILES string of the molecule is CNc1ncccc1C(=O)N[C@H]1CCO[C@H](CO)[C@H]1O. The molecule has 0 aromatic carbocycles. The van der Waals surface area contributed by atoms with E-state index in [4.69, 9.17) is 9.84 Å². The van der Waals surface area contributed by atoms with Crippen molar-refractivity contribution >= 4 is 11.7 Å². The summed E-state index contributed by atoms with van der Waals surface area (Å²) in [7, 11) is 1.68. The zero-order valence-electron chi connectivity index (χ0n) is 11.2. The Labute approximate surface area is 117 Å². The van der Waals surface area contributed by atoms with Crippen molar-refractivity contribution in [1.82, 2.24) is 10.3 Å². The summed E-state index contributed by atoms with van der Waals surface area (Å²) in [6.45, 7) is 0.112. The fraction of sp³-hybridized carbons (Fsp3) is 0.538. The molecular weight excluding hydrogens is 262 g/mol. The average molecular weight is 281 g/mol. The number of carbonyl (C=O) groups is 1. The summed E-state index contributed by atoms with van der Waals surface area (Å²) in [6, 6.07) is 2.88. The number of hydrogen-bond acceptors (Lipinski definition) is 6. The van der Waals surface area contributed by atoms with Gasteiger partial charge in [-0.05, 0) is 18.6 Å². The maximum atomic E-state index is 12.2. The van der Waals surface area contributed by atoms with Gasteiger partial charge in [-0.2, -0.15) is 0 Å². The van der Waals surface area contributed by atoms with Crippen LogP contribution in [0, 0.1) is 0 Å². The number of hydrogen-bond donors (Lipinski definition) is 4. The largest absolute Gasteiger partial charge is 0.394 e. The first kappa shape index (κ1) is 14.7. The molecule has 7 heteroatoms. The molecule has 0 unspecified atom stereocenters. The van der Waals surface area contributed by atoms with Crippen molar-refractivity contribution in [2.24, 2.45) is 0 Å². The van der Waals surface area contributed by atoms with Gasteiger partial charge < -0.3 is 25.6 Å². The number of aromatic nitrogens is 1. The van der Waals surface area contributed by atoms with Gasteiger partial charge in [-0.1, -0.05) is 0 Å². The van der Waals surface area contributed by atoms with Crippen LogP contribution in [0.4, 0.5) is 5.82 Å². The Bertz CT molecular complexity index is 469. The summed E-state index contributed by atoms with van der Waals surface area (Å²) >= 11 is 0. The molecule has 7 nitrogen and oxygen atoms in total. The van der Waals surface area contributed by atoms with E-state index in [1.165, 1.54) is 0 Å². The minimum absolute atomic E-state index is 0.276. The summed E-state index contributed by atoms with van der Waals surface area (Å²) in [5.41, 5.74) is 0.411. The number of aliphatic hydroxyl groups excluding tert-OH is 2. The summed E-state index contributed by atoms with van der Waals surface area (Å²) in [5.74, 6) is 0.162. The molecule has 4 N–H and O–H groups in total. The lowest BCUT2D eigenvalue weighted by Gasteiger charge is -2.34. The van der Waals surface area contributed by atoms with E-state index < -0.39 is 18.2 Å². The van der Waals surface area contributed by atoms with Gasteiger partial charge in [0.25, 0.3) is 5.91 Å². The lowest BCUT2D eigenvalue weighted by Crippen LogP contribution is -2.54. The van der Waals surface area contributed by atoms with Gasteiger partial charge in [-0.3, -0.25) is 4.79 Å². The quantitative estimate of drug-likeness (QED) is 0.585. The molecule has 0 radical (unpaired) electrons. The third kappa shape index (κ3) is 3.06. The van der Waals surface area contributed by atoms with Crippen molar-refractivity contribution in [2.45, 2.75) is 24.7 Å². The molecule has 0 saturated carbocycles. The second-order valence-corrected chi connectivity index (χ2v) is 4.60. The molecule has 2 heterocycles. The summed E-state index contributed by atoms with van der Waals surface area (Å²) in [5, 5.41) is 24.7. The van der Waals surface area contributed by atoms with E-state index in [0.717, 1.165) is 0 Å². The van der Waals surface area contributed by atoms with E-state index in [-0.39, 0.29) is 12.5 Å². The molecule has 0 spiro atoms. The lowest BCUT2D eigenvalue weighted by atomic mass is 9.99. The van der Waals surface area contributed by atoms with Gasteiger partial charge in [0.1, 0.15) is 18.0 Å². The molecule has 2 rings (SSSR count). The van der Waals surface area contributed by atoms with E-state index >= 15 is 0 Å². The van der Waals surface area contributed by atoms with Crippen LogP contribution in [0.25, 0.3) is 0 Å². The first-order valence-electron chi connectivity index (χ1n) is 6.51. The zero-order chi connectivity index (χ0) is 14.5. The standard InChI is InChI=1S/C13H19N3O4/c1-14-12-8(3-2-5-15-12)13(19)16-9-4-6-20-10(7-17)11(9)18/h2-3,5,9-11,17-18H,4,6-7H2,1H3,(H,14,15)(H,16,19)/t9-,10+,11-/m0/s1. The Balaban J connectivity index is 2.07. The Morgan fingerprint density at radius 2 is 2.40 bits per heavy atom. The Morgan fingerprint density at radius 3 is 3.10 bits per heavy atom. The van der Waals surface area contributed by atoms with Gasteiger partial charge in [-0.15, -0.1) is 0 Å². The first-order chi connectivity index (χ1) is 9.67. The highest BCUT2D eigenvalue weighted by Gasteiger charge is 2.33. The van der Waals surface area contributed by atoms with E-state index in [9.17, 15) is 9.90 Å². The Morgan fingerprint density at radius 1 is 1.60 bits per heavy atom. The van der Waals surface area contributed by atoms with Crippen molar-refractivity contribution in [2.75, 3.05) is 25.6 Å².